The van der Waals surface area contributed by atoms with E-state index in [1.165, 1.54) is 18.2 Å². The number of ether oxygens (including phenoxy) is 1. The van der Waals surface area contributed by atoms with Crippen LogP contribution < -0.4 is 5.32 Å². The van der Waals surface area contributed by atoms with Crippen LogP contribution in [-0.2, 0) is 14.6 Å². The summed E-state index contributed by atoms with van der Waals surface area (Å²) < 4.78 is 28.6. The quantitative estimate of drug-likeness (QED) is 0.635. The Morgan fingerprint density at radius 3 is 2.81 bits per heavy atom. The fourth-order valence-corrected chi connectivity index (χ4v) is 3.24. The minimum atomic E-state index is -3.64. The van der Waals surface area contributed by atoms with Crippen LogP contribution in [0.4, 0.5) is 11.4 Å². The van der Waals surface area contributed by atoms with E-state index < -0.39 is 14.8 Å². The van der Waals surface area contributed by atoms with Crippen molar-refractivity contribution in [3.05, 3.63) is 28.3 Å². The number of nitrogens with one attached hydrogen (secondary N) is 1. The molecule has 0 bridgehead atoms. The molecule has 0 aliphatic carbocycles. The predicted octanol–water partition coefficient (Wildman–Crippen LogP) is 1.84. The van der Waals surface area contributed by atoms with Crippen molar-refractivity contribution in [1.82, 2.24) is 0 Å². The molecule has 0 spiro atoms. The monoisotopic (exact) mass is 314 g/mol. The second kappa shape index (κ2) is 6.40. The van der Waals surface area contributed by atoms with E-state index in [4.69, 9.17) is 4.74 Å². The van der Waals surface area contributed by atoms with Crippen LogP contribution in [0.2, 0.25) is 0 Å². The first-order chi connectivity index (χ1) is 9.89. The molecule has 1 heterocycles. The molecule has 116 valence electrons. The lowest BCUT2D eigenvalue weighted by molar-refractivity contribution is -0.386. The van der Waals surface area contributed by atoms with Gasteiger partial charge in [0.1, 0.15) is 10.6 Å². The average Bonchev–Trinajstić information content (AvgIpc) is 2.90. The van der Waals surface area contributed by atoms with Gasteiger partial charge in [-0.15, -0.1) is 0 Å². The highest BCUT2D eigenvalue weighted by Crippen LogP contribution is 2.32. The molecule has 0 saturated carbocycles. The highest BCUT2D eigenvalue weighted by Gasteiger charge is 2.26. The maximum atomic E-state index is 11.6. The van der Waals surface area contributed by atoms with Crippen molar-refractivity contribution in [1.29, 1.82) is 0 Å². The number of para-hydroxylation sites is 1. The van der Waals surface area contributed by atoms with Crippen molar-refractivity contribution in [2.24, 2.45) is 5.92 Å². The van der Waals surface area contributed by atoms with E-state index in [0.717, 1.165) is 25.7 Å². The number of anilines is 1. The Labute approximate surface area is 123 Å². The fraction of sp³-hybridized carbons (Fsp3) is 0.538. The Bertz CT molecular complexity index is 623. The molecule has 1 N–H and O–H groups in total. The van der Waals surface area contributed by atoms with E-state index in [-0.39, 0.29) is 16.3 Å². The third-order valence-electron chi connectivity index (χ3n) is 3.47. The summed E-state index contributed by atoms with van der Waals surface area (Å²) in [5.74, 6) is 0.453. The third kappa shape index (κ3) is 3.92. The Morgan fingerprint density at radius 1 is 1.48 bits per heavy atom. The van der Waals surface area contributed by atoms with E-state index in [9.17, 15) is 18.5 Å². The maximum Gasteiger partial charge on any atom is 0.310 e. The lowest BCUT2D eigenvalue weighted by Crippen LogP contribution is -2.11. The van der Waals surface area contributed by atoms with Gasteiger partial charge < -0.3 is 10.1 Å². The molecular formula is C13H18N2O5S. The van der Waals surface area contributed by atoms with Gasteiger partial charge in [0.2, 0.25) is 0 Å². The molecule has 1 aliphatic heterocycles. The van der Waals surface area contributed by atoms with Gasteiger partial charge in [-0.1, -0.05) is 6.07 Å². The third-order valence-corrected chi connectivity index (χ3v) is 4.60. The van der Waals surface area contributed by atoms with Crippen LogP contribution in [0.3, 0.4) is 0 Å². The molecular weight excluding hydrogens is 296 g/mol. The highest BCUT2D eigenvalue weighted by atomic mass is 32.2. The summed E-state index contributed by atoms with van der Waals surface area (Å²) in [5.41, 5.74) is -0.149. The molecule has 1 aromatic rings. The van der Waals surface area contributed by atoms with Crippen molar-refractivity contribution >= 4 is 21.2 Å². The fourth-order valence-electron chi connectivity index (χ4n) is 2.37. The van der Waals surface area contributed by atoms with E-state index in [1.54, 1.807) is 0 Å². The minimum absolute atomic E-state index is 0.238. The molecule has 1 atom stereocenters. The molecule has 7 nitrogen and oxygen atoms in total. The molecule has 8 heteroatoms. The smallest absolute Gasteiger partial charge is 0.310 e. The van der Waals surface area contributed by atoms with Gasteiger partial charge in [0.15, 0.2) is 9.84 Å². The van der Waals surface area contributed by atoms with E-state index in [1.807, 2.05) is 0 Å². The Hall–Kier alpha value is -1.67. The summed E-state index contributed by atoms with van der Waals surface area (Å²) in [7, 11) is -3.64. The van der Waals surface area contributed by atoms with Crippen LogP contribution in [-0.4, -0.2) is 39.4 Å². The van der Waals surface area contributed by atoms with Crippen molar-refractivity contribution in [2.75, 3.05) is 31.3 Å². The molecule has 1 unspecified atom stereocenters. The molecule has 2 rings (SSSR count). The van der Waals surface area contributed by atoms with Crippen molar-refractivity contribution in [3.8, 4) is 0 Å². The second-order valence-electron chi connectivity index (χ2n) is 5.13. The van der Waals surface area contributed by atoms with Crippen LogP contribution in [0.5, 0.6) is 0 Å². The Morgan fingerprint density at radius 2 is 2.24 bits per heavy atom. The number of sulfone groups is 1. The van der Waals surface area contributed by atoms with Crippen LogP contribution in [0, 0.1) is 16.0 Å². The number of hydrogen-bond acceptors (Lipinski definition) is 6. The van der Waals surface area contributed by atoms with E-state index in [0.29, 0.717) is 19.1 Å². The zero-order valence-corrected chi connectivity index (χ0v) is 12.6. The Balaban J connectivity index is 2.16. The summed E-state index contributed by atoms with van der Waals surface area (Å²) in [5, 5.41) is 14.2. The molecule has 0 aromatic heterocycles. The molecule has 0 radical (unpaired) electrons. The number of hydrogen-bond donors (Lipinski definition) is 1. The summed E-state index contributed by atoms with van der Waals surface area (Å²) in [4.78, 5) is 10.3. The lowest BCUT2D eigenvalue weighted by atomic mass is 10.1. The normalized spacial score (nSPS) is 18.6. The summed E-state index contributed by atoms with van der Waals surface area (Å²) in [6, 6.07) is 4.28. The van der Waals surface area contributed by atoms with Crippen LogP contribution >= 0.6 is 0 Å². The summed E-state index contributed by atoms with van der Waals surface area (Å²) >= 11 is 0. The largest absolute Gasteiger partial charge is 0.381 e. The molecule has 21 heavy (non-hydrogen) atoms. The topological polar surface area (TPSA) is 98.5 Å². The zero-order chi connectivity index (χ0) is 15.5. The van der Waals surface area contributed by atoms with Gasteiger partial charge >= 0.3 is 5.69 Å². The summed E-state index contributed by atoms with van der Waals surface area (Å²) in [6.07, 6.45) is 2.79. The minimum Gasteiger partial charge on any atom is -0.381 e. The van der Waals surface area contributed by atoms with Gasteiger partial charge in [-0.2, -0.15) is 0 Å². The molecule has 1 saturated heterocycles. The molecule has 1 fully saturated rings. The van der Waals surface area contributed by atoms with Crippen LogP contribution in [0.15, 0.2) is 23.1 Å². The first kappa shape index (κ1) is 15.7. The highest BCUT2D eigenvalue weighted by molar-refractivity contribution is 7.90. The van der Waals surface area contributed by atoms with Gasteiger partial charge in [0, 0.05) is 26.0 Å². The van der Waals surface area contributed by atoms with E-state index in [2.05, 4.69) is 5.32 Å². The van der Waals surface area contributed by atoms with E-state index >= 15 is 0 Å². The van der Waals surface area contributed by atoms with Crippen LogP contribution in [0.25, 0.3) is 0 Å². The number of rotatable bonds is 6. The lowest BCUT2D eigenvalue weighted by Gasteiger charge is -2.11. The van der Waals surface area contributed by atoms with Gasteiger partial charge in [0.05, 0.1) is 4.92 Å². The van der Waals surface area contributed by atoms with Gasteiger partial charge in [-0.3, -0.25) is 10.1 Å². The van der Waals surface area contributed by atoms with Gasteiger partial charge in [-0.25, -0.2) is 8.42 Å². The first-order valence-corrected chi connectivity index (χ1v) is 8.58. The average molecular weight is 314 g/mol. The number of nitro groups is 1. The molecule has 1 aromatic carbocycles. The van der Waals surface area contributed by atoms with Crippen LogP contribution in [0.1, 0.15) is 12.8 Å². The number of benzene rings is 1. The maximum absolute atomic E-state index is 11.6. The molecule has 1 aliphatic rings. The van der Waals surface area contributed by atoms with Gasteiger partial charge in [-0.05, 0) is 30.9 Å². The number of nitro benzene ring substituents is 1. The summed E-state index contributed by atoms with van der Waals surface area (Å²) in [6.45, 7) is 2.02. The SMILES string of the molecule is CS(=O)(=O)c1cccc(NCCC2CCOC2)c1[N+](=O)[O-]. The Kier molecular flexibility index (Phi) is 4.79. The van der Waals surface area contributed by atoms with Gasteiger partial charge in [0.25, 0.3) is 0 Å². The standard InChI is InChI=1S/C13H18N2O5S/c1-21(18,19)12-4-2-3-11(13(12)15(16)17)14-7-5-10-6-8-20-9-10/h2-4,10,14H,5-9H2,1H3. The molecule has 0 amide bonds. The van der Waals surface area contributed by atoms with Crippen molar-refractivity contribution < 1.29 is 18.1 Å². The zero-order valence-electron chi connectivity index (χ0n) is 11.7. The van der Waals surface area contributed by atoms with Crippen molar-refractivity contribution in [2.45, 2.75) is 17.7 Å². The predicted molar refractivity (Wildman–Crippen MR) is 78.2 cm³/mol. The second-order valence-corrected chi connectivity index (χ2v) is 7.11. The number of nitrogens with zero attached hydrogens (tertiary/aromatic N) is 1. The first-order valence-electron chi connectivity index (χ1n) is 6.68. The van der Waals surface area contributed by atoms with Crippen molar-refractivity contribution in [3.63, 3.8) is 0 Å².